The van der Waals surface area contributed by atoms with Crippen LogP contribution < -0.4 is 5.69 Å². The lowest BCUT2D eigenvalue weighted by Crippen LogP contribution is -2.39. The van der Waals surface area contributed by atoms with Gasteiger partial charge >= 0.3 is 5.69 Å². The molecule has 1 aliphatic rings. The van der Waals surface area contributed by atoms with Crippen molar-refractivity contribution in [3.8, 4) is 0 Å². The summed E-state index contributed by atoms with van der Waals surface area (Å²) < 4.78 is 27.2. The Labute approximate surface area is 138 Å². The molecule has 0 bridgehead atoms. The van der Waals surface area contributed by atoms with E-state index in [2.05, 4.69) is 15.2 Å². The van der Waals surface area contributed by atoms with E-state index in [0.717, 1.165) is 12.0 Å². The van der Waals surface area contributed by atoms with Crippen LogP contribution >= 0.6 is 11.6 Å². The minimum atomic E-state index is -3.68. The predicted octanol–water partition coefficient (Wildman–Crippen LogP) is 1.63. The van der Waals surface area contributed by atoms with Crippen LogP contribution in [0.2, 0.25) is 5.02 Å². The average Bonchev–Trinajstić information content (AvgIpc) is 2.96. The highest BCUT2D eigenvalue weighted by Crippen LogP contribution is 2.31. The summed E-state index contributed by atoms with van der Waals surface area (Å²) in [5, 5.41) is 6.45. The Balaban J connectivity index is 1.90. The van der Waals surface area contributed by atoms with Gasteiger partial charge in [-0.25, -0.2) is 18.3 Å². The van der Waals surface area contributed by atoms with Gasteiger partial charge < -0.3 is 0 Å². The Kier molecular flexibility index (Phi) is 4.31. The van der Waals surface area contributed by atoms with Gasteiger partial charge in [0.25, 0.3) is 0 Å². The SMILES string of the molecule is Cc1ccc(Cl)c(S(=O)(=O)N2CCCC(c3n[nH]c(=O)[nH]3)C2)c1. The van der Waals surface area contributed by atoms with Crippen molar-refractivity contribution >= 4 is 21.6 Å². The van der Waals surface area contributed by atoms with Crippen LogP contribution in [0, 0.1) is 6.92 Å². The third-order valence-corrected chi connectivity index (χ3v) is 6.34. The molecule has 1 atom stereocenters. The highest BCUT2D eigenvalue weighted by atomic mass is 35.5. The second kappa shape index (κ2) is 6.10. The zero-order chi connectivity index (χ0) is 16.6. The number of H-pyrrole nitrogens is 2. The number of aromatic amines is 2. The number of sulfonamides is 1. The Morgan fingerprint density at radius 2 is 2.17 bits per heavy atom. The number of nitrogens with one attached hydrogen (secondary N) is 2. The molecule has 1 fully saturated rings. The highest BCUT2D eigenvalue weighted by Gasteiger charge is 2.33. The standard InChI is InChI=1S/C14H17ClN4O3S/c1-9-4-5-11(15)12(7-9)23(21,22)19-6-2-3-10(8-19)13-16-14(20)18-17-13/h4-5,7,10H,2-3,6,8H2,1H3,(H2,16,17,18,20). The first-order valence-corrected chi connectivity index (χ1v) is 9.10. The van der Waals surface area contributed by atoms with Gasteiger partial charge in [0.1, 0.15) is 10.7 Å². The Morgan fingerprint density at radius 1 is 1.39 bits per heavy atom. The minimum Gasteiger partial charge on any atom is -0.293 e. The molecule has 1 aromatic heterocycles. The van der Waals surface area contributed by atoms with Crippen molar-refractivity contribution in [3.63, 3.8) is 0 Å². The van der Waals surface area contributed by atoms with Crippen LogP contribution in [0.4, 0.5) is 0 Å². The van der Waals surface area contributed by atoms with Gasteiger partial charge in [-0.1, -0.05) is 17.7 Å². The van der Waals surface area contributed by atoms with Crippen molar-refractivity contribution in [2.24, 2.45) is 0 Å². The van der Waals surface area contributed by atoms with E-state index in [0.29, 0.717) is 18.8 Å². The van der Waals surface area contributed by atoms with E-state index in [1.54, 1.807) is 18.2 Å². The van der Waals surface area contributed by atoms with Gasteiger partial charge in [-0.3, -0.25) is 4.98 Å². The topological polar surface area (TPSA) is 98.9 Å². The van der Waals surface area contributed by atoms with E-state index in [9.17, 15) is 13.2 Å². The molecular formula is C14H17ClN4O3S. The van der Waals surface area contributed by atoms with Crippen LogP contribution in [0.1, 0.15) is 30.1 Å². The number of nitrogens with zero attached hydrogens (tertiary/aromatic N) is 2. The molecular weight excluding hydrogens is 340 g/mol. The Bertz CT molecular complexity index is 874. The summed E-state index contributed by atoms with van der Waals surface area (Å²) in [5.41, 5.74) is 0.444. The van der Waals surface area contributed by atoms with Gasteiger partial charge in [-0.05, 0) is 37.5 Å². The van der Waals surface area contributed by atoms with Crippen LogP contribution in [0.3, 0.4) is 0 Å². The number of hydrogen-bond acceptors (Lipinski definition) is 4. The van der Waals surface area contributed by atoms with Crippen LogP contribution in [-0.2, 0) is 10.0 Å². The van der Waals surface area contributed by atoms with E-state index in [1.807, 2.05) is 6.92 Å². The number of aryl methyl sites for hydroxylation is 1. The zero-order valence-electron chi connectivity index (χ0n) is 12.5. The summed E-state index contributed by atoms with van der Waals surface area (Å²) in [7, 11) is -3.68. The first-order valence-electron chi connectivity index (χ1n) is 7.29. The van der Waals surface area contributed by atoms with E-state index in [4.69, 9.17) is 11.6 Å². The summed E-state index contributed by atoms with van der Waals surface area (Å²) in [6.45, 7) is 2.52. The normalized spacial score (nSPS) is 19.8. The lowest BCUT2D eigenvalue weighted by atomic mass is 9.99. The molecule has 0 saturated carbocycles. The summed E-state index contributed by atoms with van der Waals surface area (Å²) >= 11 is 6.09. The van der Waals surface area contributed by atoms with Crippen molar-refractivity contribution in [1.29, 1.82) is 0 Å². The maximum atomic E-state index is 12.9. The van der Waals surface area contributed by atoms with E-state index < -0.39 is 10.0 Å². The van der Waals surface area contributed by atoms with E-state index in [-0.39, 0.29) is 28.1 Å². The number of benzene rings is 1. The molecule has 1 unspecified atom stereocenters. The average molecular weight is 357 g/mol. The van der Waals surface area contributed by atoms with Gasteiger partial charge in [0.2, 0.25) is 10.0 Å². The highest BCUT2D eigenvalue weighted by molar-refractivity contribution is 7.89. The maximum absolute atomic E-state index is 12.9. The van der Waals surface area contributed by atoms with Crippen molar-refractivity contribution in [2.75, 3.05) is 13.1 Å². The number of aromatic nitrogens is 3. The van der Waals surface area contributed by atoms with Crippen LogP contribution in [0.25, 0.3) is 0 Å². The predicted molar refractivity (Wildman–Crippen MR) is 86.1 cm³/mol. The summed E-state index contributed by atoms with van der Waals surface area (Å²) in [5.74, 6) is 0.353. The monoisotopic (exact) mass is 356 g/mol. The largest absolute Gasteiger partial charge is 0.340 e. The maximum Gasteiger partial charge on any atom is 0.340 e. The fourth-order valence-electron chi connectivity index (χ4n) is 2.81. The van der Waals surface area contributed by atoms with Crippen molar-refractivity contribution in [1.82, 2.24) is 19.5 Å². The van der Waals surface area contributed by atoms with Crippen LogP contribution in [0.5, 0.6) is 0 Å². The fourth-order valence-corrected chi connectivity index (χ4v) is 4.89. The second-order valence-corrected chi connectivity index (χ2v) is 8.01. The fraction of sp³-hybridized carbons (Fsp3) is 0.429. The molecule has 1 aromatic carbocycles. The van der Waals surface area contributed by atoms with Crippen LogP contribution in [0.15, 0.2) is 27.9 Å². The number of halogens is 1. The number of hydrogen-bond donors (Lipinski definition) is 2. The van der Waals surface area contributed by atoms with Gasteiger partial charge in [0.05, 0.1) is 5.02 Å². The van der Waals surface area contributed by atoms with Crippen molar-refractivity contribution < 1.29 is 8.42 Å². The van der Waals surface area contributed by atoms with Gasteiger partial charge in [0.15, 0.2) is 0 Å². The molecule has 1 saturated heterocycles. The minimum absolute atomic E-state index is 0.121. The first-order chi connectivity index (χ1) is 10.9. The quantitative estimate of drug-likeness (QED) is 0.873. The zero-order valence-corrected chi connectivity index (χ0v) is 14.1. The van der Waals surface area contributed by atoms with Gasteiger partial charge in [0, 0.05) is 19.0 Å². The number of piperidine rings is 1. The third-order valence-electron chi connectivity index (χ3n) is 3.99. The summed E-state index contributed by atoms with van der Waals surface area (Å²) in [6.07, 6.45) is 1.47. The molecule has 0 spiro atoms. The molecule has 2 N–H and O–H groups in total. The molecule has 3 rings (SSSR count). The van der Waals surface area contributed by atoms with Gasteiger partial charge in [-0.15, -0.1) is 0 Å². The second-order valence-electron chi connectivity index (χ2n) is 5.70. The molecule has 23 heavy (non-hydrogen) atoms. The molecule has 2 aromatic rings. The lowest BCUT2D eigenvalue weighted by molar-refractivity contribution is 0.309. The molecule has 1 aliphatic heterocycles. The van der Waals surface area contributed by atoms with E-state index in [1.165, 1.54) is 4.31 Å². The molecule has 2 heterocycles. The Hall–Kier alpha value is -1.64. The van der Waals surface area contributed by atoms with Crippen molar-refractivity contribution in [2.45, 2.75) is 30.6 Å². The number of rotatable bonds is 3. The first kappa shape index (κ1) is 16.2. The summed E-state index contributed by atoms with van der Waals surface area (Å²) in [4.78, 5) is 13.9. The van der Waals surface area contributed by atoms with E-state index >= 15 is 0 Å². The molecule has 0 amide bonds. The molecule has 0 aliphatic carbocycles. The lowest BCUT2D eigenvalue weighted by Gasteiger charge is -2.31. The molecule has 124 valence electrons. The molecule has 0 radical (unpaired) electrons. The molecule has 7 nitrogen and oxygen atoms in total. The Morgan fingerprint density at radius 3 is 2.87 bits per heavy atom. The smallest absolute Gasteiger partial charge is 0.293 e. The molecule has 9 heteroatoms. The van der Waals surface area contributed by atoms with Crippen molar-refractivity contribution in [3.05, 3.63) is 45.1 Å². The third kappa shape index (κ3) is 3.19. The van der Waals surface area contributed by atoms with Gasteiger partial charge in [-0.2, -0.15) is 9.40 Å². The summed E-state index contributed by atoms with van der Waals surface area (Å²) in [6, 6.07) is 4.95. The van der Waals surface area contributed by atoms with Crippen LogP contribution in [-0.4, -0.2) is 41.0 Å².